The van der Waals surface area contributed by atoms with E-state index in [0.29, 0.717) is 11.3 Å². The van der Waals surface area contributed by atoms with Gasteiger partial charge in [-0.2, -0.15) is 0 Å². The zero-order valence-electron chi connectivity index (χ0n) is 11.2. The smallest absolute Gasteiger partial charge is 0.308 e. The number of aliphatic carboxylic acids is 1. The molecule has 0 aliphatic carbocycles. The Morgan fingerprint density at radius 2 is 2.05 bits per heavy atom. The number of aryl methyl sites for hydroxylation is 1. The van der Waals surface area contributed by atoms with E-state index in [0.717, 1.165) is 6.26 Å². The number of sulfone groups is 1. The Morgan fingerprint density at radius 3 is 2.50 bits per heavy atom. The number of carbonyl (C=O) groups excluding carboxylic acids is 1. The summed E-state index contributed by atoms with van der Waals surface area (Å²) in [5.74, 6) is -1.96. The normalized spacial score (nSPS) is 19.4. The van der Waals surface area contributed by atoms with E-state index >= 15 is 0 Å². The molecule has 7 heteroatoms. The van der Waals surface area contributed by atoms with Crippen molar-refractivity contribution >= 4 is 27.4 Å². The second-order valence-electron chi connectivity index (χ2n) is 4.96. The number of hydrogen-bond acceptors (Lipinski definition) is 4. The predicted molar refractivity (Wildman–Crippen MR) is 72.4 cm³/mol. The van der Waals surface area contributed by atoms with Gasteiger partial charge in [-0.3, -0.25) is 9.59 Å². The molecule has 1 atom stereocenters. The van der Waals surface area contributed by atoms with Crippen LogP contribution in [0.2, 0.25) is 0 Å². The summed E-state index contributed by atoms with van der Waals surface area (Å²) in [7, 11) is -3.30. The van der Waals surface area contributed by atoms with E-state index in [1.807, 2.05) is 0 Å². The Balaban J connectivity index is 2.35. The molecule has 20 heavy (non-hydrogen) atoms. The molecule has 2 rings (SSSR count). The molecule has 1 amide bonds. The van der Waals surface area contributed by atoms with Crippen LogP contribution < -0.4 is 4.90 Å². The maximum Gasteiger partial charge on any atom is 0.308 e. The first-order valence-electron chi connectivity index (χ1n) is 6.04. The van der Waals surface area contributed by atoms with Crippen molar-refractivity contribution in [3.05, 3.63) is 23.8 Å². The fourth-order valence-electron chi connectivity index (χ4n) is 2.27. The molecule has 1 saturated heterocycles. The second-order valence-corrected chi connectivity index (χ2v) is 6.98. The number of anilines is 1. The average Bonchev–Trinajstić information content (AvgIpc) is 2.70. The molecular weight excluding hydrogens is 282 g/mol. The number of carboxylic acid groups (broad SMARTS) is 1. The minimum Gasteiger partial charge on any atom is -0.481 e. The molecule has 1 aromatic rings. The fourth-order valence-corrected chi connectivity index (χ4v) is 2.97. The zero-order chi connectivity index (χ0) is 15.1. The highest BCUT2D eigenvalue weighted by Crippen LogP contribution is 2.29. The molecule has 1 aliphatic heterocycles. The number of benzene rings is 1. The van der Waals surface area contributed by atoms with Crippen LogP contribution in [0.15, 0.2) is 23.1 Å². The van der Waals surface area contributed by atoms with E-state index in [9.17, 15) is 18.0 Å². The van der Waals surface area contributed by atoms with Crippen molar-refractivity contribution in [3.63, 3.8) is 0 Å². The highest BCUT2D eigenvalue weighted by atomic mass is 32.2. The predicted octanol–water partition coefficient (Wildman–Crippen LogP) is 0.836. The molecule has 0 radical (unpaired) electrons. The van der Waals surface area contributed by atoms with Crippen molar-refractivity contribution in [3.8, 4) is 0 Å². The number of carbonyl (C=O) groups is 2. The van der Waals surface area contributed by atoms with Crippen molar-refractivity contribution in [2.45, 2.75) is 18.2 Å². The average molecular weight is 297 g/mol. The zero-order valence-corrected chi connectivity index (χ0v) is 12.0. The van der Waals surface area contributed by atoms with Gasteiger partial charge in [-0.1, -0.05) is 0 Å². The van der Waals surface area contributed by atoms with Crippen LogP contribution in [-0.2, 0) is 19.4 Å². The van der Waals surface area contributed by atoms with Gasteiger partial charge in [0.25, 0.3) is 0 Å². The van der Waals surface area contributed by atoms with Gasteiger partial charge in [-0.15, -0.1) is 0 Å². The molecular formula is C13H15NO5S. The summed E-state index contributed by atoms with van der Waals surface area (Å²) in [5, 5.41) is 8.96. The third-order valence-electron chi connectivity index (χ3n) is 3.36. The van der Waals surface area contributed by atoms with Crippen LogP contribution in [-0.4, -0.2) is 38.2 Å². The third-order valence-corrected chi connectivity index (χ3v) is 4.47. The topological polar surface area (TPSA) is 91.8 Å². The summed E-state index contributed by atoms with van der Waals surface area (Å²) < 4.78 is 22.9. The maximum atomic E-state index is 11.9. The Morgan fingerprint density at radius 1 is 1.40 bits per heavy atom. The van der Waals surface area contributed by atoms with Gasteiger partial charge >= 0.3 is 5.97 Å². The number of carboxylic acids is 1. The first-order chi connectivity index (χ1) is 9.20. The minimum absolute atomic E-state index is 0.0252. The van der Waals surface area contributed by atoms with Gasteiger partial charge in [0, 0.05) is 24.9 Å². The lowest BCUT2D eigenvalue weighted by Crippen LogP contribution is -2.26. The molecule has 6 nitrogen and oxygen atoms in total. The van der Waals surface area contributed by atoms with Gasteiger partial charge in [0.05, 0.1) is 10.8 Å². The Hall–Kier alpha value is -1.89. The van der Waals surface area contributed by atoms with Gasteiger partial charge in [0.15, 0.2) is 9.84 Å². The molecule has 1 aromatic carbocycles. The number of amides is 1. The van der Waals surface area contributed by atoms with Crippen LogP contribution in [0.3, 0.4) is 0 Å². The van der Waals surface area contributed by atoms with E-state index in [4.69, 9.17) is 5.11 Å². The van der Waals surface area contributed by atoms with E-state index in [2.05, 4.69) is 0 Å². The van der Waals surface area contributed by atoms with Crippen molar-refractivity contribution in [1.82, 2.24) is 0 Å². The Kier molecular flexibility index (Phi) is 3.56. The standard InChI is InChI=1S/C13H15NO5S/c1-8-5-10(20(2,18)19)3-4-11(8)14-7-9(13(16)17)6-12(14)15/h3-5,9H,6-7H2,1-2H3,(H,16,17). The monoisotopic (exact) mass is 297 g/mol. The van der Waals surface area contributed by atoms with Gasteiger partial charge < -0.3 is 10.0 Å². The summed E-state index contributed by atoms with van der Waals surface area (Å²) in [6.07, 6.45) is 1.09. The van der Waals surface area contributed by atoms with Crippen LogP contribution in [0.4, 0.5) is 5.69 Å². The molecule has 108 valence electrons. The molecule has 0 aromatic heterocycles. The lowest BCUT2D eigenvalue weighted by Gasteiger charge is -2.19. The summed E-state index contributed by atoms with van der Waals surface area (Å²) >= 11 is 0. The largest absolute Gasteiger partial charge is 0.481 e. The van der Waals surface area contributed by atoms with Gasteiger partial charge in [-0.05, 0) is 30.7 Å². The molecule has 0 spiro atoms. The van der Waals surface area contributed by atoms with E-state index < -0.39 is 21.7 Å². The maximum absolute atomic E-state index is 11.9. The highest BCUT2D eigenvalue weighted by molar-refractivity contribution is 7.90. The molecule has 1 fully saturated rings. The van der Waals surface area contributed by atoms with Crippen molar-refractivity contribution < 1.29 is 23.1 Å². The summed E-state index contributed by atoms with van der Waals surface area (Å²) in [5.41, 5.74) is 1.19. The summed E-state index contributed by atoms with van der Waals surface area (Å²) in [6, 6.07) is 4.47. The minimum atomic E-state index is -3.30. The lowest BCUT2D eigenvalue weighted by molar-refractivity contribution is -0.141. The van der Waals surface area contributed by atoms with Gasteiger partial charge in [0.1, 0.15) is 0 Å². The first-order valence-corrected chi connectivity index (χ1v) is 7.93. The molecule has 1 aliphatic rings. The highest BCUT2D eigenvalue weighted by Gasteiger charge is 2.35. The van der Waals surface area contributed by atoms with Gasteiger partial charge in [0.2, 0.25) is 5.91 Å². The molecule has 1 unspecified atom stereocenters. The van der Waals surface area contributed by atoms with Crippen LogP contribution in [0.25, 0.3) is 0 Å². The van der Waals surface area contributed by atoms with Crippen molar-refractivity contribution in [1.29, 1.82) is 0 Å². The van der Waals surface area contributed by atoms with Crippen LogP contribution in [0.1, 0.15) is 12.0 Å². The van der Waals surface area contributed by atoms with E-state index in [1.165, 1.54) is 17.0 Å². The van der Waals surface area contributed by atoms with Crippen LogP contribution in [0, 0.1) is 12.8 Å². The fraction of sp³-hybridized carbons (Fsp3) is 0.385. The number of nitrogens with zero attached hydrogens (tertiary/aromatic N) is 1. The van der Waals surface area contributed by atoms with E-state index in [1.54, 1.807) is 13.0 Å². The molecule has 0 bridgehead atoms. The van der Waals surface area contributed by atoms with Gasteiger partial charge in [-0.25, -0.2) is 8.42 Å². The molecule has 1 heterocycles. The van der Waals surface area contributed by atoms with Crippen LogP contribution in [0.5, 0.6) is 0 Å². The Labute approximate surface area is 116 Å². The third kappa shape index (κ3) is 2.67. The quantitative estimate of drug-likeness (QED) is 0.892. The van der Waals surface area contributed by atoms with E-state index in [-0.39, 0.29) is 23.8 Å². The lowest BCUT2D eigenvalue weighted by atomic mass is 10.1. The number of rotatable bonds is 3. The summed E-state index contributed by atoms with van der Waals surface area (Å²) in [6.45, 7) is 1.82. The van der Waals surface area contributed by atoms with Crippen molar-refractivity contribution in [2.75, 3.05) is 17.7 Å². The number of hydrogen-bond donors (Lipinski definition) is 1. The van der Waals surface area contributed by atoms with Crippen LogP contribution >= 0.6 is 0 Å². The SMILES string of the molecule is Cc1cc(S(C)(=O)=O)ccc1N1CC(C(=O)O)CC1=O. The Bertz CT molecular complexity index is 680. The first kappa shape index (κ1) is 14.5. The summed E-state index contributed by atoms with van der Waals surface area (Å²) in [4.78, 5) is 24.4. The second kappa shape index (κ2) is 4.90. The van der Waals surface area contributed by atoms with Crippen molar-refractivity contribution in [2.24, 2.45) is 5.92 Å². The molecule has 0 saturated carbocycles. The molecule has 1 N–H and O–H groups in total.